The Balaban J connectivity index is 1.43. The Morgan fingerprint density at radius 3 is 2.45 bits per heavy atom. The fourth-order valence-electron chi connectivity index (χ4n) is 3.23. The van der Waals surface area contributed by atoms with Crippen molar-refractivity contribution in [2.45, 2.75) is 24.8 Å². The summed E-state index contributed by atoms with van der Waals surface area (Å²) >= 11 is 0. The summed E-state index contributed by atoms with van der Waals surface area (Å²) in [6.45, 7) is 1.11. The summed E-state index contributed by atoms with van der Waals surface area (Å²) in [7, 11) is 3.26. The first-order chi connectivity index (χ1) is 14.1. The number of benzene rings is 2. The lowest BCUT2D eigenvalue weighted by Gasteiger charge is -2.19. The number of aliphatic imine (C=N–C) groups is 1. The Hall–Kier alpha value is -3.09. The highest BCUT2D eigenvalue weighted by Gasteiger charge is 2.45. The number of nitrogens with one attached hydrogen (secondary N) is 3. The second-order valence-electron chi connectivity index (χ2n) is 7.16. The zero-order valence-corrected chi connectivity index (χ0v) is 16.8. The van der Waals surface area contributed by atoms with Crippen LogP contribution in [-0.2, 0) is 16.8 Å². The van der Waals surface area contributed by atoms with Gasteiger partial charge in [0.15, 0.2) is 5.96 Å². The van der Waals surface area contributed by atoms with Crippen molar-refractivity contribution in [1.29, 1.82) is 0 Å². The summed E-state index contributed by atoms with van der Waals surface area (Å²) in [5.41, 5.74) is 1.53. The third-order valence-electron chi connectivity index (χ3n) is 5.18. The third kappa shape index (κ3) is 5.47. The number of ether oxygens (including phenoxy) is 1. The van der Waals surface area contributed by atoms with Crippen LogP contribution in [0.25, 0.3) is 0 Å². The van der Waals surface area contributed by atoms with Gasteiger partial charge in [0, 0.05) is 25.6 Å². The van der Waals surface area contributed by atoms with Crippen molar-refractivity contribution in [2.24, 2.45) is 4.99 Å². The topological polar surface area (TPSA) is 74.8 Å². The molecule has 0 spiro atoms. The van der Waals surface area contributed by atoms with E-state index in [1.807, 2.05) is 36.4 Å². The summed E-state index contributed by atoms with van der Waals surface area (Å²) in [4.78, 5) is 16.3. The van der Waals surface area contributed by atoms with Gasteiger partial charge in [-0.05, 0) is 42.2 Å². The molecule has 0 aliphatic heterocycles. The van der Waals surface area contributed by atoms with Crippen LogP contribution in [0.4, 0.5) is 4.39 Å². The molecule has 29 heavy (non-hydrogen) atoms. The van der Waals surface area contributed by atoms with Gasteiger partial charge in [0.25, 0.3) is 0 Å². The first kappa shape index (κ1) is 20.6. The molecule has 2 aromatic carbocycles. The number of halogens is 1. The van der Waals surface area contributed by atoms with Gasteiger partial charge in [-0.15, -0.1) is 0 Å². The second kappa shape index (κ2) is 9.41. The molecule has 3 rings (SSSR count). The molecular formula is C22H27FN4O2. The highest BCUT2D eigenvalue weighted by Crippen LogP contribution is 2.48. The predicted molar refractivity (Wildman–Crippen MR) is 112 cm³/mol. The van der Waals surface area contributed by atoms with Gasteiger partial charge in [0.2, 0.25) is 5.91 Å². The summed E-state index contributed by atoms with van der Waals surface area (Å²) < 4.78 is 19.2. The molecule has 0 radical (unpaired) electrons. The molecule has 154 valence electrons. The molecule has 2 aromatic rings. The minimum atomic E-state index is -0.195. The minimum absolute atomic E-state index is 0.0997. The number of hydrogen-bond donors (Lipinski definition) is 3. The lowest BCUT2D eigenvalue weighted by atomic mass is 9.95. The van der Waals surface area contributed by atoms with E-state index in [0.29, 0.717) is 19.0 Å². The van der Waals surface area contributed by atoms with E-state index in [9.17, 15) is 9.18 Å². The third-order valence-corrected chi connectivity index (χ3v) is 5.18. The van der Waals surface area contributed by atoms with Crippen LogP contribution in [0.15, 0.2) is 53.5 Å². The summed E-state index contributed by atoms with van der Waals surface area (Å²) in [5, 5.41) is 9.08. The predicted octanol–water partition coefficient (Wildman–Crippen LogP) is 2.35. The molecule has 6 nitrogen and oxygen atoms in total. The van der Waals surface area contributed by atoms with Crippen molar-refractivity contribution < 1.29 is 13.9 Å². The number of nitrogens with zero attached hydrogens (tertiary/aromatic N) is 1. The maximum absolute atomic E-state index is 14.1. The molecule has 7 heteroatoms. The van der Waals surface area contributed by atoms with Crippen LogP contribution in [0.1, 0.15) is 24.0 Å². The SMILES string of the molecule is CN=C(NCC(=O)NCc1ccc(OC)cc1)NCC1(c2ccccc2F)CC1. The van der Waals surface area contributed by atoms with Crippen molar-refractivity contribution in [1.82, 2.24) is 16.0 Å². The van der Waals surface area contributed by atoms with E-state index in [0.717, 1.165) is 29.7 Å². The van der Waals surface area contributed by atoms with Crippen LogP contribution in [0.2, 0.25) is 0 Å². The Morgan fingerprint density at radius 2 is 1.83 bits per heavy atom. The van der Waals surface area contributed by atoms with Gasteiger partial charge in [-0.3, -0.25) is 9.79 Å². The Morgan fingerprint density at radius 1 is 1.10 bits per heavy atom. The maximum Gasteiger partial charge on any atom is 0.239 e. The van der Waals surface area contributed by atoms with Gasteiger partial charge in [0.05, 0.1) is 13.7 Å². The highest BCUT2D eigenvalue weighted by molar-refractivity contribution is 5.86. The van der Waals surface area contributed by atoms with Crippen molar-refractivity contribution in [2.75, 3.05) is 27.2 Å². The molecule has 0 atom stereocenters. The smallest absolute Gasteiger partial charge is 0.239 e. The van der Waals surface area contributed by atoms with Crippen LogP contribution >= 0.6 is 0 Å². The van der Waals surface area contributed by atoms with Gasteiger partial charge >= 0.3 is 0 Å². The minimum Gasteiger partial charge on any atom is -0.497 e. The van der Waals surface area contributed by atoms with Gasteiger partial charge in [-0.1, -0.05) is 30.3 Å². The molecule has 0 bridgehead atoms. The number of carbonyl (C=O) groups is 1. The van der Waals surface area contributed by atoms with Crippen molar-refractivity contribution in [3.8, 4) is 5.75 Å². The fourth-order valence-corrected chi connectivity index (χ4v) is 3.23. The lowest BCUT2D eigenvalue weighted by molar-refractivity contribution is -0.120. The number of guanidine groups is 1. The van der Waals surface area contributed by atoms with E-state index in [-0.39, 0.29) is 23.7 Å². The lowest BCUT2D eigenvalue weighted by Crippen LogP contribution is -2.45. The Labute approximate surface area is 170 Å². The standard InChI is InChI=1S/C22H27FN4O2/c1-24-21(27-15-22(11-12-22)18-5-3-4-6-19(18)23)26-14-20(28)25-13-16-7-9-17(29-2)10-8-16/h3-10H,11-15H2,1-2H3,(H,25,28)(H2,24,26,27). The Bertz CT molecular complexity index is 863. The fraction of sp³-hybridized carbons (Fsp3) is 0.364. The number of hydrogen-bond acceptors (Lipinski definition) is 3. The normalized spacial score (nSPS) is 14.8. The van der Waals surface area contributed by atoms with E-state index in [2.05, 4.69) is 20.9 Å². The van der Waals surface area contributed by atoms with Crippen molar-refractivity contribution in [3.05, 3.63) is 65.5 Å². The molecule has 1 saturated carbocycles. The van der Waals surface area contributed by atoms with E-state index < -0.39 is 0 Å². The van der Waals surface area contributed by atoms with Gasteiger partial charge in [0.1, 0.15) is 11.6 Å². The first-order valence-corrected chi connectivity index (χ1v) is 9.65. The quantitative estimate of drug-likeness (QED) is 0.471. The van der Waals surface area contributed by atoms with Crippen LogP contribution in [0.5, 0.6) is 5.75 Å². The van der Waals surface area contributed by atoms with Crippen LogP contribution in [-0.4, -0.2) is 39.1 Å². The molecule has 0 saturated heterocycles. The van der Waals surface area contributed by atoms with Crippen molar-refractivity contribution in [3.63, 3.8) is 0 Å². The van der Waals surface area contributed by atoms with E-state index >= 15 is 0 Å². The number of rotatable bonds is 8. The van der Waals surface area contributed by atoms with E-state index in [1.54, 1.807) is 20.2 Å². The zero-order chi connectivity index (χ0) is 20.7. The Kier molecular flexibility index (Phi) is 6.69. The van der Waals surface area contributed by atoms with Gasteiger partial charge in [-0.25, -0.2) is 4.39 Å². The van der Waals surface area contributed by atoms with E-state index in [1.165, 1.54) is 6.07 Å². The van der Waals surface area contributed by atoms with Crippen LogP contribution < -0.4 is 20.7 Å². The maximum atomic E-state index is 14.1. The summed E-state index contributed by atoms with van der Waals surface area (Å²) in [5.74, 6) is 0.985. The number of amides is 1. The monoisotopic (exact) mass is 398 g/mol. The number of carbonyl (C=O) groups excluding carboxylic acids is 1. The van der Waals surface area contributed by atoms with Crippen LogP contribution in [0, 0.1) is 5.82 Å². The molecule has 1 fully saturated rings. The van der Waals surface area contributed by atoms with Gasteiger partial charge in [-0.2, -0.15) is 0 Å². The molecule has 0 unspecified atom stereocenters. The average molecular weight is 398 g/mol. The average Bonchev–Trinajstić information content (AvgIpc) is 3.54. The first-order valence-electron chi connectivity index (χ1n) is 9.65. The molecular weight excluding hydrogens is 371 g/mol. The summed E-state index contributed by atoms with van der Waals surface area (Å²) in [6, 6.07) is 14.4. The van der Waals surface area contributed by atoms with Crippen molar-refractivity contribution >= 4 is 11.9 Å². The second-order valence-corrected chi connectivity index (χ2v) is 7.16. The number of methoxy groups -OCH3 is 1. The molecule has 0 aromatic heterocycles. The van der Waals surface area contributed by atoms with E-state index in [4.69, 9.17) is 4.74 Å². The molecule has 3 N–H and O–H groups in total. The molecule has 0 heterocycles. The molecule has 1 aliphatic rings. The largest absolute Gasteiger partial charge is 0.497 e. The molecule has 1 amide bonds. The highest BCUT2D eigenvalue weighted by atomic mass is 19.1. The molecule has 1 aliphatic carbocycles. The zero-order valence-electron chi connectivity index (χ0n) is 16.8. The van der Waals surface area contributed by atoms with Gasteiger partial charge < -0.3 is 20.7 Å². The summed E-state index contributed by atoms with van der Waals surface area (Å²) in [6.07, 6.45) is 1.86. The van der Waals surface area contributed by atoms with Crippen LogP contribution in [0.3, 0.4) is 0 Å².